The molecule has 0 saturated carbocycles. The maximum Gasteiger partial charge on any atom is 0.229 e. The first kappa shape index (κ1) is 18.1. The fourth-order valence-electron chi connectivity index (χ4n) is 3.76. The molecule has 0 radical (unpaired) electrons. The van der Waals surface area contributed by atoms with Gasteiger partial charge >= 0.3 is 0 Å². The quantitative estimate of drug-likeness (QED) is 0.715. The number of anilines is 1. The third kappa shape index (κ3) is 3.26. The zero-order valence-electron chi connectivity index (χ0n) is 16.6. The van der Waals surface area contributed by atoms with Gasteiger partial charge in [-0.1, -0.05) is 13.8 Å². The van der Waals surface area contributed by atoms with Crippen molar-refractivity contribution in [2.45, 2.75) is 52.7 Å². The number of nitrogens with zero attached hydrogens (tertiary/aromatic N) is 3. The third-order valence-electron chi connectivity index (χ3n) is 4.98. The van der Waals surface area contributed by atoms with Gasteiger partial charge in [0, 0.05) is 12.0 Å². The Balaban J connectivity index is 1.99. The average Bonchev–Trinajstić information content (AvgIpc) is 2.97. The van der Waals surface area contributed by atoms with Crippen LogP contribution in [-0.2, 0) is 24.2 Å². The summed E-state index contributed by atoms with van der Waals surface area (Å²) in [5.41, 5.74) is 9.32. The maximum atomic E-state index is 6.18. The van der Waals surface area contributed by atoms with E-state index in [-0.39, 0.29) is 5.60 Å². The highest BCUT2D eigenvalue weighted by Gasteiger charge is 2.32. The van der Waals surface area contributed by atoms with Crippen LogP contribution in [0.2, 0.25) is 0 Å². The highest BCUT2D eigenvalue weighted by atomic mass is 16.5. The predicted octanol–water partition coefficient (Wildman–Crippen LogP) is 2.47. The molecule has 0 amide bonds. The molecule has 0 aliphatic carbocycles. The summed E-state index contributed by atoms with van der Waals surface area (Å²) in [5, 5.41) is 4.29. The zero-order valence-corrected chi connectivity index (χ0v) is 16.6. The first-order valence-corrected chi connectivity index (χ1v) is 9.64. The second kappa shape index (κ2) is 6.73. The molecule has 0 fully saturated rings. The van der Waals surface area contributed by atoms with Crippen molar-refractivity contribution in [1.29, 1.82) is 0 Å². The molecule has 0 saturated heterocycles. The fraction of sp³-hybridized carbons (Fsp3) is 0.550. The van der Waals surface area contributed by atoms with Crippen LogP contribution < -0.4 is 11.1 Å². The topological polar surface area (TPSA) is 101 Å². The number of hydrogen-bond donors (Lipinski definition) is 2. The van der Waals surface area contributed by atoms with Gasteiger partial charge in [-0.15, -0.1) is 0 Å². The minimum Gasteiger partial charge on any atom is -0.432 e. The van der Waals surface area contributed by atoms with Crippen molar-refractivity contribution >= 4 is 28.0 Å². The lowest BCUT2D eigenvalue weighted by atomic mass is 9.88. The lowest BCUT2D eigenvalue weighted by molar-refractivity contribution is -0.362. The number of fused-ring (bicyclic) bond motifs is 5. The van der Waals surface area contributed by atoms with E-state index in [0.29, 0.717) is 29.6 Å². The standard InChI is InChI=1S/C20H27N5O2/c1-11(2)7-14-13-9-26-20(3,4)8-12(13)15-16-17(27-19(15)25-14)18(22-6-5-21)24-10-23-16/h10-11H,5-9,21H2,1-4H3,(H,22,23,24)/p+1. The number of ether oxygens (including phenoxy) is 1. The number of nitrogens with one attached hydrogen (secondary N) is 1. The van der Waals surface area contributed by atoms with Gasteiger partial charge in [-0.2, -0.15) is 0 Å². The van der Waals surface area contributed by atoms with Crippen molar-refractivity contribution in [2.24, 2.45) is 5.92 Å². The lowest BCUT2D eigenvalue weighted by Crippen LogP contribution is -2.53. The molecule has 0 atom stereocenters. The van der Waals surface area contributed by atoms with Crippen molar-refractivity contribution in [3.63, 3.8) is 0 Å². The number of furan rings is 1. The Hall–Kier alpha value is -2.25. The minimum atomic E-state index is -0.220. The van der Waals surface area contributed by atoms with Gasteiger partial charge in [-0.05, 0) is 31.7 Å². The second-order valence-electron chi connectivity index (χ2n) is 8.30. The Morgan fingerprint density at radius 2 is 2.07 bits per heavy atom. The molecule has 0 unspecified atom stereocenters. The summed E-state index contributed by atoms with van der Waals surface area (Å²) in [5.74, 6) is 1.21. The van der Waals surface area contributed by atoms with E-state index in [1.165, 1.54) is 11.1 Å². The van der Waals surface area contributed by atoms with E-state index < -0.39 is 0 Å². The normalized spacial score (nSPS) is 16.2. The number of quaternary nitrogens is 1. The summed E-state index contributed by atoms with van der Waals surface area (Å²) in [4.78, 5) is 13.8. The van der Waals surface area contributed by atoms with E-state index in [1.807, 2.05) is 0 Å². The Bertz CT molecular complexity index is 993. The Morgan fingerprint density at radius 3 is 2.81 bits per heavy atom. The van der Waals surface area contributed by atoms with Gasteiger partial charge in [0.1, 0.15) is 11.8 Å². The van der Waals surface area contributed by atoms with Crippen LogP contribution in [0.15, 0.2) is 10.7 Å². The van der Waals surface area contributed by atoms with Crippen LogP contribution in [0, 0.1) is 5.92 Å². The SMILES string of the molecule is CC(C)Cc1nc2oc3c(NCC[NH3+])ncnc3c2c2c1COC(C)(C)C2. The third-order valence-corrected chi connectivity index (χ3v) is 4.98. The van der Waals surface area contributed by atoms with Gasteiger partial charge in [0.25, 0.3) is 0 Å². The van der Waals surface area contributed by atoms with Crippen molar-refractivity contribution < 1.29 is 14.9 Å². The molecule has 0 bridgehead atoms. The van der Waals surface area contributed by atoms with E-state index in [2.05, 4.69) is 48.7 Å². The molecule has 1 aliphatic rings. The number of pyridine rings is 1. The van der Waals surface area contributed by atoms with Crippen LogP contribution in [-0.4, -0.2) is 33.6 Å². The van der Waals surface area contributed by atoms with Crippen molar-refractivity contribution in [3.05, 3.63) is 23.1 Å². The molecule has 144 valence electrons. The van der Waals surface area contributed by atoms with E-state index in [9.17, 15) is 0 Å². The molecule has 27 heavy (non-hydrogen) atoms. The first-order valence-electron chi connectivity index (χ1n) is 9.64. The molecule has 4 heterocycles. The molecule has 4 N–H and O–H groups in total. The summed E-state index contributed by atoms with van der Waals surface area (Å²) in [6.45, 7) is 10.7. The van der Waals surface area contributed by atoms with Gasteiger partial charge in [-0.25, -0.2) is 15.0 Å². The molecule has 3 aromatic rings. The molecule has 0 aromatic carbocycles. The number of hydrogen-bond acceptors (Lipinski definition) is 6. The maximum absolute atomic E-state index is 6.18. The van der Waals surface area contributed by atoms with E-state index in [4.69, 9.17) is 14.1 Å². The van der Waals surface area contributed by atoms with Crippen LogP contribution in [0.25, 0.3) is 22.2 Å². The molecule has 4 rings (SSSR count). The monoisotopic (exact) mass is 370 g/mol. The largest absolute Gasteiger partial charge is 0.432 e. The highest BCUT2D eigenvalue weighted by molar-refractivity contribution is 6.06. The second-order valence-corrected chi connectivity index (χ2v) is 8.30. The molecule has 1 aliphatic heterocycles. The van der Waals surface area contributed by atoms with Crippen LogP contribution in [0.3, 0.4) is 0 Å². The number of rotatable bonds is 5. The molecule has 0 spiro atoms. The van der Waals surface area contributed by atoms with Crippen molar-refractivity contribution in [3.8, 4) is 0 Å². The molecule has 3 aromatic heterocycles. The number of aromatic nitrogens is 3. The van der Waals surface area contributed by atoms with E-state index in [0.717, 1.165) is 42.5 Å². The van der Waals surface area contributed by atoms with Gasteiger partial charge in [0.15, 0.2) is 11.4 Å². The molecular weight excluding hydrogens is 342 g/mol. The van der Waals surface area contributed by atoms with Crippen LogP contribution in [0.4, 0.5) is 5.82 Å². The van der Waals surface area contributed by atoms with Gasteiger partial charge < -0.3 is 20.2 Å². The lowest BCUT2D eigenvalue weighted by Gasteiger charge is -2.33. The minimum absolute atomic E-state index is 0.220. The smallest absolute Gasteiger partial charge is 0.229 e. The van der Waals surface area contributed by atoms with Crippen molar-refractivity contribution in [1.82, 2.24) is 15.0 Å². The summed E-state index contributed by atoms with van der Waals surface area (Å²) in [6, 6.07) is 0. The summed E-state index contributed by atoms with van der Waals surface area (Å²) in [7, 11) is 0. The van der Waals surface area contributed by atoms with Crippen LogP contribution >= 0.6 is 0 Å². The van der Waals surface area contributed by atoms with Gasteiger partial charge in [-0.3, -0.25) is 0 Å². The zero-order chi connectivity index (χ0) is 19.2. The van der Waals surface area contributed by atoms with Crippen LogP contribution in [0.1, 0.15) is 44.5 Å². The molecular formula is C20H28N5O2+. The summed E-state index contributed by atoms with van der Waals surface area (Å²) < 4.78 is 12.3. The Morgan fingerprint density at radius 1 is 1.26 bits per heavy atom. The van der Waals surface area contributed by atoms with Gasteiger partial charge in [0.05, 0.1) is 36.4 Å². The summed E-state index contributed by atoms with van der Waals surface area (Å²) in [6.07, 6.45) is 3.30. The van der Waals surface area contributed by atoms with Crippen LogP contribution in [0.5, 0.6) is 0 Å². The Kier molecular flexibility index (Phi) is 4.52. The Labute approximate surface area is 158 Å². The predicted molar refractivity (Wildman–Crippen MR) is 104 cm³/mol. The average molecular weight is 370 g/mol. The van der Waals surface area contributed by atoms with E-state index in [1.54, 1.807) is 6.33 Å². The van der Waals surface area contributed by atoms with E-state index >= 15 is 0 Å². The molecule has 7 nitrogen and oxygen atoms in total. The van der Waals surface area contributed by atoms with Gasteiger partial charge in [0.2, 0.25) is 5.71 Å². The first-order chi connectivity index (χ1) is 12.9. The fourth-order valence-corrected chi connectivity index (χ4v) is 3.76. The highest BCUT2D eigenvalue weighted by Crippen LogP contribution is 2.39. The molecule has 7 heteroatoms. The summed E-state index contributed by atoms with van der Waals surface area (Å²) >= 11 is 0. The van der Waals surface area contributed by atoms with Crippen molar-refractivity contribution in [2.75, 3.05) is 18.4 Å².